The van der Waals surface area contributed by atoms with Gasteiger partial charge in [0.05, 0.1) is 5.56 Å². The number of hydrogen-bond donors (Lipinski definition) is 1. The van der Waals surface area contributed by atoms with Gasteiger partial charge in [-0.2, -0.15) is 0 Å². The highest BCUT2D eigenvalue weighted by Gasteiger charge is 2.11. The highest BCUT2D eigenvalue weighted by atomic mass is 19.2. The Labute approximate surface area is 67.4 Å². The quantitative estimate of drug-likeness (QED) is 0.656. The first-order chi connectivity index (χ1) is 5.52. The van der Waals surface area contributed by atoms with E-state index in [-0.39, 0.29) is 5.56 Å². The zero-order valence-electron chi connectivity index (χ0n) is 6.27. The van der Waals surface area contributed by atoms with E-state index >= 15 is 0 Å². The van der Waals surface area contributed by atoms with Crippen molar-refractivity contribution in [2.24, 2.45) is 0 Å². The lowest BCUT2D eigenvalue weighted by atomic mass is 10.1. The van der Waals surface area contributed by atoms with Gasteiger partial charge in [0.1, 0.15) is 5.75 Å². The standard InChI is InChI=1S/C8H6F2O2/c1-4(11)5-2-6(9)7(10)3-8(5)12/h2-3,12H,1H3. The number of aromatic hydroxyl groups is 1. The SMILES string of the molecule is CC(=O)c1cc(F)c(F)cc1O. The molecular weight excluding hydrogens is 166 g/mol. The van der Waals surface area contributed by atoms with E-state index in [1.165, 1.54) is 0 Å². The van der Waals surface area contributed by atoms with E-state index in [9.17, 15) is 13.6 Å². The van der Waals surface area contributed by atoms with Crippen LogP contribution in [0, 0.1) is 11.6 Å². The van der Waals surface area contributed by atoms with Crippen molar-refractivity contribution in [3.63, 3.8) is 0 Å². The van der Waals surface area contributed by atoms with E-state index < -0.39 is 23.2 Å². The van der Waals surface area contributed by atoms with Crippen molar-refractivity contribution < 1.29 is 18.7 Å². The summed E-state index contributed by atoms with van der Waals surface area (Å²) in [6, 6.07) is 1.25. The molecule has 0 heterocycles. The van der Waals surface area contributed by atoms with Gasteiger partial charge in [0, 0.05) is 6.07 Å². The van der Waals surface area contributed by atoms with Crippen LogP contribution < -0.4 is 0 Å². The van der Waals surface area contributed by atoms with Crippen LogP contribution >= 0.6 is 0 Å². The van der Waals surface area contributed by atoms with Gasteiger partial charge in [0.2, 0.25) is 0 Å². The molecular formula is C8H6F2O2. The molecule has 4 heteroatoms. The summed E-state index contributed by atoms with van der Waals surface area (Å²) in [5.74, 6) is -3.36. The Morgan fingerprint density at radius 2 is 1.83 bits per heavy atom. The van der Waals surface area contributed by atoms with Crippen molar-refractivity contribution in [3.05, 3.63) is 29.3 Å². The minimum atomic E-state index is -1.17. The largest absolute Gasteiger partial charge is 0.507 e. The number of ketones is 1. The average Bonchev–Trinajstić information content (AvgIpc) is 1.96. The number of Topliss-reactive ketones (excluding diaryl/α,β-unsaturated/α-hetero) is 1. The van der Waals surface area contributed by atoms with Crippen LogP contribution in [-0.4, -0.2) is 10.9 Å². The fraction of sp³-hybridized carbons (Fsp3) is 0.125. The highest BCUT2D eigenvalue weighted by molar-refractivity contribution is 5.96. The van der Waals surface area contributed by atoms with Crippen LogP contribution in [0.3, 0.4) is 0 Å². The van der Waals surface area contributed by atoms with Crippen molar-refractivity contribution in [1.29, 1.82) is 0 Å². The third-order valence-electron chi connectivity index (χ3n) is 1.42. The molecule has 0 atom stereocenters. The fourth-order valence-corrected chi connectivity index (χ4v) is 0.818. The summed E-state index contributed by atoms with van der Waals surface area (Å²) in [7, 11) is 0. The van der Waals surface area contributed by atoms with Gasteiger partial charge < -0.3 is 5.11 Å². The molecule has 0 bridgehead atoms. The van der Waals surface area contributed by atoms with Crippen LogP contribution in [0.15, 0.2) is 12.1 Å². The van der Waals surface area contributed by atoms with Gasteiger partial charge in [0.15, 0.2) is 17.4 Å². The lowest BCUT2D eigenvalue weighted by molar-refractivity contribution is 0.101. The van der Waals surface area contributed by atoms with E-state index in [1.807, 2.05) is 0 Å². The Morgan fingerprint density at radius 1 is 1.33 bits per heavy atom. The molecule has 0 saturated heterocycles. The van der Waals surface area contributed by atoms with Crippen LogP contribution in [0.1, 0.15) is 17.3 Å². The molecule has 1 aromatic rings. The van der Waals surface area contributed by atoms with Crippen molar-refractivity contribution in [1.82, 2.24) is 0 Å². The van der Waals surface area contributed by atoms with E-state index in [2.05, 4.69) is 0 Å². The predicted octanol–water partition coefficient (Wildman–Crippen LogP) is 1.87. The molecule has 1 rings (SSSR count). The lowest BCUT2D eigenvalue weighted by Gasteiger charge is -2.00. The van der Waals surface area contributed by atoms with Gasteiger partial charge in [-0.25, -0.2) is 8.78 Å². The topological polar surface area (TPSA) is 37.3 Å². The smallest absolute Gasteiger partial charge is 0.163 e. The molecule has 0 amide bonds. The summed E-state index contributed by atoms with van der Waals surface area (Å²) < 4.78 is 24.9. The van der Waals surface area contributed by atoms with E-state index in [0.717, 1.165) is 6.92 Å². The molecule has 0 unspecified atom stereocenters. The van der Waals surface area contributed by atoms with E-state index in [1.54, 1.807) is 0 Å². The van der Waals surface area contributed by atoms with Crippen LogP contribution in [0.4, 0.5) is 8.78 Å². The molecule has 0 saturated carbocycles. The molecule has 0 fully saturated rings. The number of halogens is 2. The molecule has 0 aliphatic carbocycles. The van der Waals surface area contributed by atoms with Crippen LogP contribution in [0.5, 0.6) is 5.75 Å². The van der Waals surface area contributed by atoms with Gasteiger partial charge in [-0.15, -0.1) is 0 Å². The molecule has 0 aromatic heterocycles. The maximum atomic E-state index is 12.5. The van der Waals surface area contributed by atoms with Crippen molar-refractivity contribution in [3.8, 4) is 5.75 Å². The Kier molecular flexibility index (Phi) is 2.08. The number of rotatable bonds is 1. The lowest BCUT2D eigenvalue weighted by Crippen LogP contribution is -1.95. The average molecular weight is 172 g/mol. The molecule has 0 aliphatic rings. The zero-order chi connectivity index (χ0) is 9.30. The van der Waals surface area contributed by atoms with Gasteiger partial charge in [0.25, 0.3) is 0 Å². The first-order valence-electron chi connectivity index (χ1n) is 3.21. The number of phenolic OH excluding ortho intramolecular Hbond substituents is 1. The normalized spacial score (nSPS) is 9.92. The van der Waals surface area contributed by atoms with Crippen molar-refractivity contribution in [2.75, 3.05) is 0 Å². The Bertz CT molecular complexity index is 334. The van der Waals surface area contributed by atoms with Crippen molar-refractivity contribution in [2.45, 2.75) is 6.92 Å². The molecule has 1 N–H and O–H groups in total. The van der Waals surface area contributed by atoms with Gasteiger partial charge >= 0.3 is 0 Å². The highest BCUT2D eigenvalue weighted by Crippen LogP contribution is 2.20. The third kappa shape index (κ3) is 1.42. The summed E-state index contributed by atoms with van der Waals surface area (Å²) in [4.78, 5) is 10.7. The Balaban J connectivity index is 3.33. The summed E-state index contributed by atoms with van der Waals surface area (Å²) in [6.07, 6.45) is 0. The third-order valence-corrected chi connectivity index (χ3v) is 1.42. The maximum absolute atomic E-state index is 12.5. The van der Waals surface area contributed by atoms with Crippen molar-refractivity contribution >= 4 is 5.78 Å². The molecule has 12 heavy (non-hydrogen) atoms. The van der Waals surface area contributed by atoms with Crippen LogP contribution in [-0.2, 0) is 0 Å². The monoisotopic (exact) mass is 172 g/mol. The second kappa shape index (κ2) is 2.89. The Morgan fingerprint density at radius 3 is 2.33 bits per heavy atom. The summed E-state index contributed by atoms with van der Waals surface area (Å²) in [5.41, 5.74) is -0.214. The number of benzene rings is 1. The number of phenols is 1. The second-order valence-corrected chi connectivity index (χ2v) is 2.34. The number of carbonyl (C=O) groups excluding carboxylic acids is 1. The summed E-state index contributed by atoms with van der Waals surface area (Å²) in [5, 5.41) is 8.96. The zero-order valence-corrected chi connectivity index (χ0v) is 6.27. The molecule has 0 spiro atoms. The number of hydrogen-bond acceptors (Lipinski definition) is 2. The second-order valence-electron chi connectivity index (χ2n) is 2.34. The number of carbonyl (C=O) groups is 1. The van der Waals surface area contributed by atoms with E-state index in [0.29, 0.717) is 12.1 Å². The summed E-state index contributed by atoms with van der Waals surface area (Å²) in [6.45, 7) is 1.16. The van der Waals surface area contributed by atoms with Gasteiger partial charge in [-0.05, 0) is 13.0 Å². The van der Waals surface area contributed by atoms with Crippen LogP contribution in [0.2, 0.25) is 0 Å². The molecule has 2 nitrogen and oxygen atoms in total. The first-order valence-corrected chi connectivity index (χ1v) is 3.21. The van der Waals surface area contributed by atoms with Gasteiger partial charge in [-0.3, -0.25) is 4.79 Å². The summed E-state index contributed by atoms with van der Waals surface area (Å²) >= 11 is 0. The minimum absolute atomic E-state index is 0.214. The maximum Gasteiger partial charge on any atom is 0.163 e. The van der Waals surface area contributed by atoms with E-state index in [4.69, 9.17) is 5.11 Å². The first kappa shape index (κ1) is 8.64. The molecule has 0 radical (unpaired) electrons. The fourth-order valence-electron chi connectivity index (χ4n) is 0.818. The minimum Gasteiger partial charge on any atom is -0.507 e. The van der Waals surface area contributed by atoms with Gasteiger partial charge in [-0.1, -0.05) is 0 Å². The Hall–Kier alpha value is -1.45. The predicted molar refractivity (Wildman–Crippen MR) is 38.0 cm³/mol. The molecule has 0 aliphatic heterocycles. The molecule has 1 aromatic carbocycles. The van der Waals surface area contributed by atoms with Crippen LogP contribution in [0.25, 0.3) is 0 Å². The molecule has 64 valence electrons.